The van der Waals surface area contributed by atoms with Crippen LogP contribution < -0.4 is 14.8 Å². The summed E-state index contributed by atoms with van der Waals surface area (Å²) in [6, 6.07) is 6.59. The minimum Gasteiger partial charge on any atom is -0.493 e. The third-order valence-electron chi connectivity index (χ3n) is 3.76. The number of thiophene rings is 1. The molecule has 0 aliphatic rings. The Labute approximate surface area is 167 Å². The second-order valence-electron chi connectivity index (χ2n) is 5.92. The first-order valence-electron chi connectivity index (χ1n) is 8.31. The van der Waals surface area contributed by atoms with Crippen LogP contribution in [0, 0.1) is 0 Å². The van der Waals surface area contributed by atoms with E-state index in [0.29, 0.717) is 11.5 Å². The van der Waals surface area contributed by atoms with Gasteiger partial charge in [0.1, 0.15) is 0 Å². The molecule has 9 heteroatoms. The van der Waals surface area contributed by atoms with Gasteiger partial charge in [-0.25, -0.2) is 4.79 Å². The van der Waals surface area contributed by atoms with E-state index in [1.165, 1.54) is 42.6 Å². The minimum absolute atomic E-state index is 0.0590. The molecule has 0 unspecified atom stereocenters. The molecule has 1 N–H and O–H groups in total. The number of rotatable bonds is 8. The number of nitrogens with zero attached hydrogens (tertiary/aromatic N) is 1. The Morgan fingerprint density at radius 3 is 2.36 bits per heavy atom. The second-order valence-corrected chi connectivity index (χ2v) is 6.95. The normalized spacial score (nSPS) is 10.1. The van der Waals surface area contributed by atoms with Crippen molar-refractivity contribution >= 4 is 34.8 Å². The van der Waals surface area contributed by atoms with Crippen molar-refractivity contribution in [3.05, 3.63) is 40.1 Å². The molecule has 1 aromatic carbocycles. The maximum atomic E-state index is 12.5. The predicted molar refractivity (Wildman–Crippen MR) is 105 cm³/mol. The molecule has 2 aromatic rings. The molecule has 8 nitrogen and oxygen atoms in total. The highest BCUT2D eigenvalue weighted by Crippen LogP contribution is 2.34. The Morgan fingerprint density at radius 2 is 1.79 bits per heavy atom. The van der Waals surface area contributed by atoms with Gasteiger partial charge < -0.3 is 24.4 Å². The molecule has 1 aromatic heterocycles. The first kappa shape index (κ1) is 21.2. The van der Waals surface area contributed by atoms with Gasteiger partial charge in [0.15, 0.2) is 18.1 Å². The number of anilines is 1. The molecular formula is C19H22N2O6S. The Morgan fingerprint density at radius 1 is 1.11 bits per heavy atom. The van der Waals surface area contributed by atoms with Gasteiger partial charge >= 0.3 is 5.97 Å². The fourth-order valence-corrected chi connectivity index (χ4v) is 2.95. The van der Waals surface area contributed by atoms with E-state index in [1.807, 2.05) is 17.5 Å². The second kappa shape index (κ2) is 9.75. The number of carbonyl (C=O) groups is 3. The quantitative estimate of drug-likeness (QED) is 0.676. The smallest absolute Gasteiger partial charge is 0.340 e. The predicted octanol–water partition coefficient (Wildman–Crippen LogP) is 2.19. The average Bonchev–Trinajstić information content (AvgIpc) is 3.17. The number of carbonyl (C=O) groups excluding carboxylic acids is 3. The van der Waals surface area contributed by atoms with Crippen molar-refractivity contribution in [3.63, 3.8) is 0 Å². The van der Waals surface area contributed by atoms with Gasteiger partial charge in [-0.15, -0.1) is 11.3 Å². The summed E-state index contributed by atoms with van der Waals surface area (Å²) in [6.45, 7) is -0.414. The van der Waals surface area contributed by atoms with Crippen LogP contribution in [0.4, 0.5) is 5.69 Å². The Bertz CT molecular complexity index is 848. The SMILES string of the molecule is COc1cc(NC(=O)Cc2cccs2)c(C(=O)OCC(=O)N(C)C)cc1OC. The lowest BCUT2D eigenvalue weighted by Gasteiger charge is -2.16. The molecule has 0 saturated heterocycles. The van der Waals surface area contributed by atoms with Crippen LogP contribution in [-0.4, -0.2) is 57.6 Å². The molecule has 0 fully saturated rings. The summed E-state index contributed by atoms with van der Waals surface area (Å²) in [5, 5.41) is 4.58. The maximum Gasteiger partial charge on any atom is 0.340 e. The van der Waals surface area contributed by atoms with Gasteiger partial charge in [0.25, 0.3) is 5.91 Å². The topological polar surface area (TPSA) is 94.2 Å². The van der Waals surface area contributed by atoms with E-state index in [9.17, 15) is 14.4 Å². The number of hydrogen-bond acceptors (Lipinski definition) is 7. The van der Waals surface area contributed by atoms with Crippen LogP contribution in [0.25, 0.3) is 0 Å². The lowest BCUT2D eigenvalue weighted by atomic mass is 10.1. The van der Waals surface area contributed by atoms with Crippen LogP contribution in [0.15, 0.2) is 29.6 Å². The third kappa shape index (κ3) is 5.46. The Balaban J connectivity index is 2.26. The van der Waals surface area contributed by atoms with Gasteiger partial charge in [-0.1, -0.05) is 6.07 Å². The zero-order valence-electron chi connectivity index (χ0n) is 16.1. The van der Waals surface area contributed by atoms with Crippen LogP contribution in [0.3, 0.4) is 0 Å². The van der Waals surface area contributed by atoms with E-state index >= 15 is 0 Å². The summed E-state index contributed by atoms with van der Waals surface area (Å²) < 4.78 is 15.5. The van der Waals surface area contributed by atoms with Crippen molar-refractivity contribution in [2.24, 2.45) is 0 Å². The van der Waals surface area contributed by atoms with E-state index < -0.39 is 12.6 Å². The van der Waals surface area contributed by atoms with Gasteiger partial charge in [0, 0.05) is 31.1 Å². The number of hydrogen-bond donors (Lipinski definition) is 1. The van der Waals surface area contributed by atoms with Crippen molar-refractivity contribution in [1.82, 2.24) is 4.90 Å². The first-order valence-corrected chi connectivity index (χ1v) is 9.19. The van der Waals surface area contributed by atoms with Gasteiger partial charge in [-0.05, 0) is 11.4 Å². The maximum absolute atomic E-state index is 12.5. The van der Waals surface area contributed by atoms with Crippen LogP contribution in [0.2, 0.25) is 0 Å². The van der Waals surface area contributed by atoms with E-state index in [4.69, 9.17) is 14.2 Å². The Kier molecular flexibility index (Phi) is 7.39. The van der Waals surface area contributed by atoms with E-state index in [0.717, 1.165) is 4.88 Å². The number of ether oxygens (including phenoxy) is 3. The van der Waals surface area contributed by atoms with Crippen molar-refractivity contribution in [1.29, 1.82) is 0 Å². The van der Waals surface area contributed by atoms with Crippen LogP contribution >= 0.6 is 11.3 Å². The zero-order chi connectivity index (χ0) is 20.7. The highest BCUT2D eigenvalue weighted by Gasteiger charge is 2.21. The molecule has 2 amide bonds. The molecule has 0 atom stereocenters. The summed E-state index contributed by atoms with van der Waals surface area (Å²) in [6.07, 6.45) is 0.166. The summed E-state index contributed by atoms with van der Waals surface area (Å²) in [7, 11) is 5.99. The summed E-state index contributed by atoms with van der Waals surface area (Å²) in [5.74, 6) is -0.785. The monoisotopic (exact) mass is 406 g/mol. The van der Waals surface area contributed by atoms with Gasteiger partial charge in [-0.3, -0.25) is 9.59 Å². The molecule has 2 rings (SSSR count). The number of esters is 1. The lowest BCUT2D eigenvalue weighted by molar-refractivity contribution is -0.132. The average molecular weight is 406 g/mol. The van der Waals surface area contributed by atoms with Crippen LogP contribution in [0.1, 0.15) is 15.2 Å². The number of benzene rings is 1. The zero-order valence-corrected chi connectivity index (χ0v) is 16.9. The molecular weight excluding hydrogens is 384 g/mol. The molecule has 150 valence electrons. The number of amides is 2. The number of nitrogens with one attached hydrogen (secondary N) is 1. The van der Waals surface area contributed by atoms with Crippen LogP contribution in [-0.2, 0) is 20.7 Å². The summed E-state index contributed by atoms with van der Waals surface area (Å²) in [5.41, 5.74) is 0.269. The van der Waals surface area contributed by atoms with Crippen molar-refractivity contribution < 1.29 is 28.6 Å². The van der Waals surface area contributed by atoms with Gasteiger partial charge in [0.2, 0.25) is 5.91 Å². The molecule has 0 spiro atoms. The van der Waals surface area contributed by atoms with Gasteiger partial charge in [0.05, 0.1) is 31.9 Å². The molecule has 0 radical (unpaired) electrons. The highest BCUT2D eigenvalue weighted by molar-refractivity contribution is 7.10. The molecule has 28 heavy (non-hydrogen) atoms. The van der Waals surface area contributed by atoms with Crippen molar-refractivity contribution in [2.45, 2.75) is 6.42 Å². The van der Waals surface area contributed by atoms with E-state index in [2.05, 4.69) is 5.32 Å². The van der Waals surface area contributed by atoms with Crippen LogP contribution in [0.5, 0.6) is 11.5 Å². The highest BCUT2D eigenvalue weighted by atomic mass is 32.1. The summed E-state index contributed by atoms with van der Waals surface area (Å²) in [4.78, 5) is 38.8. The molecule has 0 saturated carbocycles. The molecule has 0 aliphatic heterocycles. The Hall–Kier alpha value is -3.07. The fourth-order valence-electron chi connectivity index (χ4n) is 2.25. The minimum atomic E-state index is -0.762. The molecule has 1 heterocycles. The van der Waals surface area contributed by atoms with Crippen molar-refractivity contribution in [2.75, 3.05) is 40.2 Å². The number of methoxy groups -OCH3 is 2. The van der Waals surface area contributed by atoms with E-state index in [-0.39, 0.29) is 29.5 Å². The number of likely N-dealkylation sites (N-methyl/N-ethyl adjacent to an activating group) is 1. The largest absolute Gasteiger partial charge is 0.493 e. The molecule has 0 bridgehead atoms. The van der Waals surface area contributed by atoms with Gasteiger partial charge in [-0.2, -0.15) is 0 Å². The standard InChI is InChI=1S/C19H22N2O6S/c1-21(2)18(23)11-27-19(24)13-9-15(25-3)16(26-4)10-14(13)20-17(22)8-12-6-5-7-28-12/h5-7,9-10H,8,11H2,1-4H3,(H,20,22). The van der Waals surface area contributed by atoms with E-state index in [1.54, 1.807) is 14.1 Å². The first-order chi connectivity index (χ1) is 13.3. The third-order valence-corrected chi connectivity index (χ3v) is 4.63. The summed E-state index contributed by atoms with van der Waals surface area (Å²) >= 11 is 1.46. The fraction of sp³-hybridized carbons (Fsp3) is 0.316. The lowest BCUT2D eigenvalue weighted by Crippen LogP contribution is -2.28. The molecule has 0 aliphatic carbocycles. The van der Waals surface area contributed by atoms with Crippen molar-refractivity contribution in [3.8, 4) is 11.5 Å².